The van der Waals surface area contributed by atoms with Crippen LogP contribution in [-0.4, -0.2) is 21.8 Å². The van der Waals surface area contributed by atoms with Crippen LogP contribution in [-0.2, 0) is 18.3 Å². The van der Waals surface area contributed by atoms with Crippen molar-refractivity contribution in [2.24, 2.45) is 7.05 Å². The molecule has 1 aromatic rings. The molecule has 1 rings (SSSR count). The molecule has 1 aromatic heterocycles. The average Bonchev–Trinajstić information content (AvgIpc) is 2.36. The third-order valence-electron chi connectivity index (χ3n) is 1.50. The first-order valence-corrected chi connectivity index (χ1v) is 3.38. The first-order valence-electron chi connectivity index (χ1n) is 3.38. The van der Waals surface area contributed by atoms with Crippen LogP contribution in [0.1, 0.15) is 5.82 Å². The summed E-state index contributed by atoms with van der Waals surface area (Å²) in [5.41, 5.74) is 0. The van der Waals surface area contributed by atoms with Gasteiger partial charge in [0.2, 0.25) is 5.78 Å². The highest BCUT2D eigenvalue weighted by atomic mass is 19.3. The van der Waals surface area contributed by atoms with Crippen molar-refractivity contribution in [3.05, 3.63) is 18.2 Å². The molecule has 0 N–H and O–H groups in total. The van der Waals surface area contributed by atoms with Crippen LogP contribution in [0.15, 0.2) is 12.4 Å². The number of nitrogens with zero attached hydrogens (tertiary/aromatic N) is 2. The Morgan fingerprint density at radius 1 is 1.75 bits per heavy atom. The van der Waals surface area contributed by atoms with E-state index in [1.165, 1.54) is 6.20 Å². The fourth-order valence-electron chi connectivity index (χ4n) is 0.800. The number of halogens is 2. The zero-order chi connectivity index (χ0) is 9.14. The highest BCUT2D eigenvalue weighted by Gasteiger charge is 2.17. The molecule has 0 unspecified atom stereocenters. The van der Waals surface area contributed by atoms with Crippen LogP contribution < -0.4 is 0 Å². The zero-order valence-corrected chi connectivity index (χ0v) is 6.50. The maximum atomic E-state index is 11.8. The molecule has 0 aliphatic heterocycles. The molecule has 5 heteroatoms. The number of rotatable bonds is 3. The van der Waals surface area contributed by atoms with Crippen LogP contribution in [0.4, 0.5) is 8.78 Å². The normalized spacial score (nSPS) is 10.7. The van der Waals surface area contributed by atoms with Gasteiger partial charge in [-0.25, -0.2) is 13.8 Å². The number of aromatic nitrogens is 2. The van der Waals surface area contributed by atoms with Crippen LogP contribution in [0.5, 0.6) is 0 Å². The molecule has 0 bridgehead atoms. The first-order chi connectivity index (χ1) is 5.61. The van der Waals surface area contributed by atoms with Crippen LogP contribution in [0.25, 0.3) is 0 Å². The molecule has 0 aliphatic carbocycles. The number of carbonyl (C=O) groups excluding carboxylic acids is 1. The molecule has 0 aromatic carbocycles. The third kappa shape index (κ3) is 1.87. The van der Waals surface area contributed by atoms with E-state index in [2.05, 4.69) is 4.98 Å². The van der Waals surface area contributed by atoms with Gasteiger partial charge in [-0.05, 0) is 0 Å². The predicted octanol–water partition coefficient (Wildman–Crippen LogP) is 0.797. The predicted molar refractivity (Wildman–Crippen MR) is 37.9 cm³/mol. The van der Waals surface area contributed by atoms with Gasteiger partial charge in [-0.1, -0.05) is 0 Å². The zero-order valence-electron chi connectivity index (χ0n) is 6.50. The van der Waals surface area contributed by atoms with E-state index in [0.29, 0.717) is 5.82 Å². The van der Waals surface area contributed by atoms with Crippen molar-refractivity contribution in [1.29, 1.82) is 0 Å². The summed E-state index contributed by atoms with van der Waals surface area (Å²) in [6.45, 7) is 0. The van der Waals surface area contributed by atoms with Gasteiger partial charge in [0.15, 0.2) is 0 Å². The second-order valence-corrected chi connectivity index (χ2v) is 2.40. The van der Waals surface area contributed by atoms with E-state index >= 15 is 0 Å². The minimum absolute atomic E-state index is 0.304. The molecule has 0 radical (unpaired) electrons. The summed E-state index contributed by atoms with van der Waals surface area (Å²) in [5.74, 6) is -0.732. The minimum Gasteiger partial charge on any atom is -0.338 e. The van der Waals surface area contributed by atoms with Gasteiger partial charge in [0.1, 0.15) is 5.82 Å². The van der Waals surface area contributed by atoms with Crippen molar-refractivity contribution in [2.45, 2.75) is 12.8 Å². The fraction of sp³-hybridized carbons (Fsp3) is 0.429. The number of imidazole rings is 1. The SMILES string of the molecule is Cn1ccnc1CC(=O)C(F)F. The molecular formula is C7H8F2N2O. The second kappa shape index (κ2) is 3.42. The molecule has 0 aliphatic rings. The van der Waals surface area contributed by atoms with Crippen LogP contribution in [0.2, 0.25) is 0 Å². The van der Waals surface area contributed by atoms with Gasteiger partial charge in [0, 0.05) is 19.4 Å². The maximum absolute atomic E-state index is 11.8. The van der Waals surface area contributed by atoms with Crippen LogP contribution in [0, 0.1) is 0 Å². The lowest BCUT2D eigenvalue weighted by Crippen LogP contribution is -2.15. The third-order valence-corrected chi connectivity index (χ3v) is 1.50. The van der Waals surface area contributed by atoms with Crippen LogP contribution >= 0.6 is 0 Å². The largest absolute Gasteiger partial charge is 0.338 e. The lowest BCUT2D eigenvalue weighted by molar-refractivity contribution is -0.128. The molecule has 3 nitrogen and oxygen atoms in total. The number of hydrogen-bond donors (Lipinski definition) is 0. The van der Waals surface area contributed by atoms with Gasteiger partial charge in [0.05, 0.1) is 6.42 Å². The van der Waals surface area contributed by atoms with Crippen LogP contribution in [0.3, 0.4) is 0 Å². The Labute approximate surface area is 68.0 Å². The Kier molecular flexibility index (Phi) is 2.52. The van der Waals surface area contributed by atoms with Crippen molar-refractivity contribution in [3.63, 3.8) is 0 Å². The summed E-state index contributed by atoms with van der Waals surface area (Å²) >= 11 is 0. The number of aryl methyl sites for hydroxylation is 1. The molecule has 1 heterocycles. The van der Waals surface area contributed by atoms with Gasteiger partial charge in [-0.3, -0.25) is 4.79 Å². The van der Waals surface area contributed by atoms with E-state index in [9.17, 15) is 13.6 Å². The van der Waals surface area contributed by atoms with Crippen molar-refractivity contribution < 1.29 is 13.6 Å². The summed E-state index contributed by atoms with van der Waals surface area (Å²) in [5, 5.41) is 0. The Bertz CT molecular complexity index is 283. The average molecular weight is 174 g/mol. The molecule has 0 saturated carbocycles. The van der Waals surface area contributed by atoms with Gasteiger partial charge < -0.3 is 4.57 Å². The summed E-state index contributed by atoms with van der Waals surface area (Å²) in [7, 11) is 1.65. The van der Waals surface area contributed by atoms with Gasteiger partial charge in [0.25, 0.3) is 6.43 Å². The quantitative estimate of drug-likeness (QED) is 0.679. The Balaban J connectivity index is 2.64. The molecule has 0 atom stereocenters. The Hall–Kier alpha value is -1.26. The minimum atomic E-state index is -2.90. The molecule has 0 fully saturated rings. The first kappa shape index (κ1) is 8.83. The molecule has 12 heavy (non-hydrogen) atoms. The standard InChI is InChI=1S/C7H8F2N2O/c1-11-3-2-10-6(11)4-5(12)7(8)9/h2-3,7H,4H2,1H3. The van der Waals surface area contributed by atoms with Crippen molar-refractivity contribution in [1.82, 2.24) is 9.55 Å². The smallest absolute Gasteiger partial charge is 0.296 e. The van der Waals surface area contributed by atoms with E-state index in [-0.39, 0.29) is 6.42 Å². The van der Waals surface area contributed by atoms with E-state index in [0.717, 1.165) is 0 Å². The number of alkyl halides is 2. The second-order valence-electron chi connectivity index (χ2n) is 2.40. The summed E-state index contributed by atoms with van der Waals surface area (Å²) < 4.78 is 25.1. The van der Waals surface area contributed by atoms with E-state index in [1.807, 2.05) is 0 Å². The highest BCUT2D eigenvalue weighted by molar-refractivity contribution is 5.83. The van der Waals surface area contributed by atoms with Gasteiger partial charge >= 0.3 is 0 Å². The molecule has 0 saturated heterocycles. The van der Waals surface area contributed by atoms with Crippen molar-refractivity contribution >= 4 is 5.78 Å². The molecule has 66 valence electrons. The van der Waals surface area contributed by atoms with E-state index < -0.39 is 12.2 Å². The number of carbonyl (C=O) groups is 1. The number of Topliss-reactive ketones (excluding diaryl/α,β-unsaturated/α-hetero) is 1. The lowest BCUT2D eigenvalue weighted by Gasteiger charge is -1.99. The summed E-state index contributed by atoms with van der Waals surface area (Å²) in [6.07, 6.45) is -0.134. The van der Waals surface area contributed by atoms with E-state index in [4.69, 9.17) is 0 Å². The van der Waals surface area contributed by atoms with Gasteiger partial charge in [-0.15, -0.1) is 0 Å². The van der Waals surface area contributed by atoms with Crippen molar-refractivity contribution in [3.8, 4) is 0 Å². The number of ketones is 1. The molecule has 0 spiro atoms. The summed E-state index contributed by atoms with van der Waals surface area (Å²) in [6, 6.07) is 0. The van der Waals surface area contributed by atoms with Crippen molar-refractivity contribution in [2.75, 3.05) is 0 Å². The molecular weight excluding hydrogens is 166 g/mol. The number of hydrogen-bond acceptors (Lipinski definition) is 2. The fourth-order valence-corrected chi connectivity index (χ4v) is 0.800. The Morgan fingerprint density at radius 3 is 2.83 bits per heavy atom. The highest BCUT2D eigenvalue weighted by Crippen LogP contribution is 2.02. The van der Waals surface area contributed by atoms with E-state index in [1.54, 1.807) is 17.8 Å². The maximum Gasteiger partial charge on any atom is 0.296 e. The van der Waals surface area contributed by atoms with Gasteiger partial charge in [-0.2, -0.15) is 0 Å². The summed E-state index contributed by atoms with van der Waals surface area (Å²) in [4.78, 5) is 14.3. The lowest BCUT2D eigenvalue weighted by atomic mass is 10.3. The monoisotopic (exact) mass is 174 g/mol. The Morgan fingerprint density at radius 2 is 2.42 bits per heavy atom. The molecule has 0 amide bonds. The topological polar surface area (TPSA) is 34.9 Å².